The molecule has 146 valence electrons. The van der Waals surface area contributed by atoms with E-state index in [4.69, 9.17) is 0 Å². The number of H-pyrrole nitrogens is 1. The fourth-order valence-corrected chi connectivity index (χ4v) is 3.89. The third-order valence-electron chi connectivity index (χ3n) is 5.57. The molecule has 1 aliphatic rings. The van der Waals surface area contributed by atoms with Gasteiger partial charge in [-0.15, -0.1) is 0 Å². The van der Waals surface area contributed by atoms with Gasteiger partial charge in [0.1, 0.15) is 11.6 Å². The van der Waals surface area contributed by atoms with Gasteiger partial charge in [0.05, 0.1) is 17.9 Å². The van der Waals surface area contributed by atoms with Crippen LogP contribution >= 0.6 is 0 Å². The summed E-state index contributed by atoms with van der Waals surface area (Å²) in [6, 6.07) is 15.1. The zero-order valence-corrected chi connectivity index (χ0v) is 16.4. The summed E-state index contributed by atoms with van der Waals surface area (Å²) >= 11 is 0. The second-order valence-corrected chi connectivity index (χ2v) is 7.55. The maximum atomic E-state index is 11.5. The van der Waals surface area contributed by atoms with E-state index in [2.05, 4.69) is 62.6 Å². The van der Waals surface area contributed by atoms with Crippen molar-refractivity contribution in [2.75, 3.05) is 26.2 Å². The van der Waals surface area contributed by atoms with Gasteiger partial charge in [0, 0.05) is 38.0 Å². The predicted molar refractivity (Wildman–Crippen MR) is 113 cm³/mol. The lowest BCUT2D eigenvalue weighted by atomic mass is 10.1. The van der Waals surface area contributed by atoms with Crippen molar-refractivity contribution in [2.45, 2.75) is 32.2 Å². The van der Waals surface area contributed by atoms with Gasteiger partial charge in [-0.1, -0.05) is 43.3 Å². The Morgan fingerprint density at radius 1 is 1.21 bits per heavy atom. The first-order valence-electron chi connectivity index (χ1n) is 10.2. The van der Waals surface area contributed by atoms with Crippen molar-refractivity contribution < 1.29 is 4.79 Å². The van der Waals surface area contributed by atoms with Gasteiger partial charge in [0.2, 0.25) is 0 Å². The highest BCUT2D eigenvalue weighted by atomic mass is 16.1. The molecule has 5 nitrogen and oxygen atoms in total. The van der Waals surface area contributed by atoms with Crippen LogP contribution in [0, 0.1) is 0 Å². The Bertz CT molecular complexity index is 948. The van der Waals surface area contributed by atoms with E-state index >= 15 is 0 Å². The number of Topliss-reactive ketones (excluding diaryl/α,β-unsaturated/α-hetero) is 1. The van der Waals surface area contributed by atoms with Gasteiger partial charge in [-0.2, -0.15) is 0 Å². The van der Waals surface area contributed by atoms with Crippen LogP contribution in [0.25, 0.3) is 22.0 Å². The molecule has 0 amide bonds. The maximum absolute atomic E-state index is 11.5. The number of carbonyl (C=O) groups excluding carboxylic acids is 1. The molecule has 1 aliphatic heterocycles. The second-order valence-electron chi connectivity index (χ2n) is 7.55. The minimum Gasteiger partial charge on any atom is -0.341 e. The molecule has 0 saturated carbocycles. The van der Waals surface area contributed by atoms with Crippen LogP contribution in [0.5, 0.6) is 0 Å². The van der Waals surface area contributed by atoms with Crippen LogP contribution in [-0.2, 0) is 4.79 Å². The van der Waals surface area contributed by atoms with Crippen molar-refractivity contribution in [2.24, 2.45) is 0 Å². The number of hydrogen-bond donors (Lipinski definition) is 2. The molecule has 1 atom stereocenters. The summed E-state index contributed by atoms with van der Waals surface area (Å²) in [6.45, 7) is 5.80. The molecule has 0 bridgehead atoms. The number of hydrogen-bond acceptors (Lipinski definition) is 4. The number of rotatable bonds is 7. The molecular weight excluding hydrogens is 348 g/mol. The number of imidazole rings is 1. The summed E-state index contributed by atoms with van der Waals surface area (Å²) in [5.41, 5.74) is 2.21. The molecular formula is C23H28N4O. The number of nitrogens with one attached hydrogen (secondary N) is 2. The van der Waals surface area contributed by atoms with E-state index in [0.717, 1.165) is 49.7 Å². The molecule has 3 aromatic rings. The van der Waals surface area contributed by atoms with E-state index in [1.54, 1.807) is 0 Å². The number of aromatic nitrogens is 2. The monoisotopic (exact) mass is 376 g/mol. The molecule has 1 aromatic heterocycles. The normalized spacial score (nSPS) is 17.8. The first-order valence-corrected chi connectivity index (χ1v) is 10.2. The summed E-state index contributed by atoms with van der Waals surface area (Å²) < 4.78 is 0. The fourth-order valence-electron chi connectivity index (χ4n) is 3.89. The van der Waals surface area contributed by atoms with Gasteiger partial charge >= 0.3 is 0 Å². The molecule has 2 aromatic carbocycles. The zero-order chi connectivity index (χ0) is 19.3. The topological polar surface area (TPSA) is 61.0 Å². The molecule has 2 N–H and O–H groups in total. The average molecular weight is 377 g/mol. The maximum Gasteiger partial charge on any atom is 0.132 e. The minimum atomic E-state index is 0.199. The van der Waals surface area contributed by atoms with Gasteiger partial charge in [-0.05, 0) is 29.8 Å². The van der Waals surface area contributed by atoms with Gasteiger partial charge in [0.25, 0.3) is 0 Å². The summed E-state index contributed by atoms with van der Waals surface area (Å²) in [4.78, 5) is 22.1. The number of fused-ring (bicyclic) bond motifs is 1. The molecule has 5 heteroatoms. The van der Waals surface area contributed by atoms with Crippen LogP contribution < -0.4 is 5.32 Å². The number of benzene rings is 2. The van der Waals surface area contributed by atoms with Crippen LogP contribution in [0.4, 0.5) is 0 Å². The van der Waals surface area contributed by atoms with Gasteiger partial charge < -0.3 is 15.2 Å². The number of ketones is 1. The van der Waals surface area contributed by atoms with Crippen molar-refractivity contribution in [3.05, 3.63) is 54.5 Å². The third-order valence-corrected chi connectivity index (χ3v) is 5.57. The lowest BCUT2D eigenvalue weighted by Crippen LogP contribution is -2.46. The van der Waals surface area contributed by atoms with E-state index in [0.29, 0.717) is 18.6 Å². The van der Waals surface area contributed by atoms with E-state index in [1.807, 2.05) is 13.1 Å². The Morgan fingerprint density at radius 2 is 2.07 bits per heavy atom. The van der Waals surface area contributed by atoms with Crippen LogP contribution in [0.15, 0.2) is 48.7 Å². The number of aromatic amines is 1. The van der Waals surface area contributed by atoms with Crippen molar-refractivity contribution in [3.8, 4) is 11.3 Å². The van der Waals surface area contributed by atoms with Gasteiger partial charge in [-0.3, -0.25) is 4.79 Å². The molecule has 1 saturated heterocycles. The van der Waals surface area contributed by atoms with Crippen molar-refractivity contribution >= 4 is 16.6 Å². The smallest absolute Gasteiger partial charge is 0.132 e. The molecule has 0 aliphatic carbocycles. The number of carbonyl (C=O) groups is 1. The Hall–Kier alpha value is -2.50. The van der Waals surface area contributed by atoms with Crippen LogP contribution in [-0.4, -0.2) is 46.8 Å². The third kappa shape index (κ3) is 4.32. The Balaban J connectivity index is 1.42. The summed E-state index contributed by atoms with van der Waals surface area (Å²) in [5.74, 6) is 1.34. The van der Waals surface area contributed by atoms with E-state index < -0.39 is 0 Å². The van der Waals surface area contributed by atoms with E-state index in [9.17, 15) is 4.79 Å². The van der Waals surface area contributed by atoms with Crippen molar-refractivity contribution in [1.29, 1.82) is 0 Å². The highest BCUT2D eigenvalue weighted by molar-refractivity contribution is 5.86. The van der Waals surface area contributed by atoms with Gasteiger partial charge in [-0.25, -0.2) is 4.98 Å². The average Bonchev–Trinajstić information content (AvgIpc) is 3.24. The fraction of sp³-hybridized carbons (Fsp3) is 0.391. The van der Waals surface area contributed by atoms with Crippen LogP contribution in [0.3, 0.4) is 0 Å². The van der Waals surface area contributed by atoms with Crippen molar-refractivity contribution in [3.63, 3.8) is 0 Å². The molecule has 28 heavy (non-hydrogen) atoms. The Morgan fingerprint density at radius 3 is 2.93 bits per heavy atom. The van der Waals surface area contributed by atoms with E-state index in [-0.39, 0.29) is 6.04 Å². The zero-order valence-electron chi connectivity index (χ0n) is 16.4. The first-order chi connectivity index (χ1) is 13.7. The molecule has 2 heterocycles. The standard InChI is InChI=1S/C23H28N4O/c1-2-20(28)8-5-12-27-13-11-24-22(16-27)23-25-15-21(26-23)19-10-9-17-6-3-4-7-18(17)14-19/h3-4,6-7,9-10,14-15,22,24H,2,5,8,11-13,16H2,1H3,(H,25,26). The lowest BCUT2D eigenvalue weighted by Gasteiger charge is -2.32. The summed E-state index contributed by atoms with van der Waals surface area (Å²) in [6.07, 6.45) is 4.21. The summed E-state index contributed by atoms with van der Waals surface area (Å²) in [5, 5.41) is 6.05. The lowest BCUT2D eigenvalue weighted by molar-refractivity contribution is -0.118. The molecule has 1 fully saturated rings. The predicted octanol–water partition coefficient (Wildman–Crippen LogP) is 3.94. The van der Waals surface area contributed by atoms with Crippen molar-refractivity contribution in [1.82, 2.24) is 20.2 Å². The minimum absolute atomic E-state index is 0.199. The Labute approximate surface area is 166 Å². The second kappa shape index (κ2) is 8.67. The number of nitrogens with zero attached hydrogens (tertiary/aromatic N) is 2. The Kier molecular flexibility index (Phi) is 5.84. The van der Waals surface area contributed by atoms with Gasteiger partial charge in [0.15, 0.2) is 0 Å². The van der Waals surface area contributed by atoms with Crippen LogP contribution in [0.2, 0.25) is 0 Å². The SMILES string of the molecule is CCC(=O)CCCN1CCNC(c2ncc(-c3ccc4ccccc4c3)[nH]2)C1. The van der Waals surface area contributed by atoms with Crippen LogP contribution in [0.1, 0.15) is 38.1 Å². The summed E-state index contributed by atoms with van der Waals surface area (Å²) in [7, 11) is 0. The quantitative estimate of drug-likeness (QED) is 0.656. The molecule has 1 unspecified atom stereocenters. The highest BCUT2D eigenvalue weighted by Crippen LogP contribution is 2.25. The molecule has 0 radical (unpaired) electrons. The molecule has 0 spiro atoms. The van der Waals surface area contributed by atoms with E-state index in [1.165, 1.54) is 10.8 Å². The largest absolute Gasteiger partial charge is 0.341 e. The first kappa shape index (κ1) is 18.8. The number of piperazine rings is 1. The highest BCUT2D eigenvalue weighted by Gasteiger charge is 2.23. The molecule has 4 rings (SSSR count).